The number of carbonyl (C=O) groups is 2. The summed E-state index contributed by atoms with van der Waals surface area (Å²) in [4.78, 5) is 46.4. The third-order valence-electron chi connectivity index (χ3n) is 9.72. The van der Waals surface area contributed by atoms with Gasteiger partial charge in [0, 0.05) is 67.8 Å². The SMILES string of the molecule is Cn1ccc(-c2ccc(C3(O)CCC(N4CC[C@@H]5[C@H]4CCN5C(=O)CNC(=O)c4cccc(C(F)(F)F)c4)CC3)nc2)cc1=O. The van der Waals surface area contributed by atoms with Crippen LogP contribution in [0.15, 0.2) is 65.7 Å². The molecule has 1 aliphatic carbocycles. The number of pyridine rings is 2. The van der Waals surface area contributed by atoms with Crippen molar-refractivity contribution in [1.29, 1.82) is 0 Å². The van der Waals surface area contributed by atoms with Crippen LogP contribution in [0.25, 0.3) is 11.1 Å². The average Bonchev–Trinajstić information content (AvgIpc) is 3.64. The molecule has 238 valence electrons. The molecule has 4 heterocycles. The number of benzene rings is 1. The van der Waals surface area contributed by atoms with Gasteiger partial charge in [0.25, 0.3) is 11.5 Å². The molecule has 0 unspecified atom stereocenters. The lowest BCUT2D eigenvalue weighted by atomic mass is 9.79. The summed E-state index contributed by atoms with van der Waals surface area (Å²) in [6.45, 7) is 1.12. The average molecular weight is 624 g/mol. The Morgan fingerprint density at radius 1 is 1.00 bits per heavy atom. The van der Waals surface area contributed by atoms with Crippen LogP contribution >= 0.6 is 0 Å². The minimum absolute atomic E-state index is 0.0211. The smallest absolute Gasteiger partial charge is 0.384 e. The van der Waals surface area contributed by atoms with Crippen molar-refractivity contribution in [2.45, 2.75) is 68.4 Å². The van der Waals surface area contributed by atoms with Crippen molar-refractivity contribution in [2.24, 2.45) is 7.05 Å². The Morgan fingerprint density at radius 2 is 1.76 bits per heavy atom. The molecule has 9 nitrogen and oxygen atoms in total. The molecule has 3 aromatic rings. The number of hydrogen-bond donors (Lipinski definition) is 2. The zero-order chi connectivity index (χ0) is 31.9. The molecule has 2 amide bonds. The van der Waals surface area contributed by atoms with E-state index in [2.05, 4.69) is 15.2 Å². The largest absolute Gasteiger partial charge is 0.416 e. The standard InChI is InChI=1S/C33H36F3N5O4/c1-39-14-9-21(18-29(39)42)23-5-6-28(37-19-23)32(45)12-7-25(8-13-32)40-15-10-27-26(40)11-16-41(27)30(43)20-38-31(44)22-3-2-4-24(17-22)33(34,35)36/h2-6,9,14,17-19,25-27,45H,7-8,10-13,15-16,20H2,1H3,(H,38,44)/t25?,26-,27-,32?/m1/s1. The molecule has 0 radical (unpaired) electrons. The van der Waals surface area contributed by atoms with E-state index >= 15 is 0 Å². The molecular weight excluding hydrogens is 587 g/mol. The van der Waals surface area contributed by atoms with Crippen molar-refractivity contribution in [3.63, 3.8) is 0 Å². The molecule has 45 heavy (non-hydrogen) atoms. The van der Waals surface area contributed by atoms with Crippen molar-refractivity contribution in [3.8, 4) is 11.1 Å². The van der Waals surface area contributed by atoms with Crippen molar-refractivity contribution >= 4 is 11.8 Å². The third kappa shape index (κ3) is 6.26. The summed E-state index contributed by atoms with van der Waals surface area (Å²) in [7, 11) is 1.70. The lowest BCUT2D eigenvalue weighted by molar-refractivity contribution is -0.137. The second-order valence-corrected chi connectivity index (χ2v) is 12.4. The van der Waals surface area contributed by atoms with Gasteiger partial charge in [-0.25, -0.2) is 0 Å². The first-order valence-corrected chi connectivity index (χ1v) is 15.3. The summed E-state index contributed by atoms with van der Waals surface area (Å²) in [5.74, 6) is -0.962. The Bertz CT molecular complexity index is 1630. The zero-order valence-corrected chi connectivity index (χ0v) is 25.0. The van der Waals surface area contributed by atoms with Gasteiger partial charge in [-0.2, -0.15) is 13.2 Å². The minimum atomic E-state index is -4.56. The molecule has 0 bridgehead atoms. The highest BCUT2D eigenvalue weighted by molar-refractivity contribution is 5.96. The van der Waals surface area contributed by atoms with Crippen LogP contribution in [0.4, 0.5) is 13.2 Å². The Kier molecular flexibility index (Phi) is 8.30. The number of hydrogen-bond acceptors (Lipinski definition) is 6. The number of likely N-dealkylation sites (tertiary alicyclic amines) is 2. The summed E-state index contributed by atoms with van der Waals surface area (Å²) in [6.07, 6.45) is 3.18. The van der Waals surface area contributed by atoms with Crippen LogP contribution in [0, 0.1) is 0 Å². The quantitative estimate of drug-likeness (QED) is 0.434. The number of amides is 2. The first-order chi connectivity index (χ1) is 21.4. The van der Waals surface area contributed by atoms with Gasteiger partial charge in [-0.3, -0.25) is 24.3 Å². The van der Waals surface area contributed by atoms with E-state index in [4.69, 9.17) is 0 Å². The fourth-order valence-electron chi connectivity index (χ4n) is 7.21. The second-order valence-electron chi connectivity index (χ2n) is 12.4. The van der Waals surface area contributed by atoms with E-state index in [0.29, 0.717) is 25.1 Å². The number of rotatable bonds is 6. The van der Waals surface area contributed by atoms with Crippen LogP contribution in [0.3, 0.4) is 0 Å². The summed E-state index contributed by atoms with van der Waals surface area (Å²) in [5, 5.41) is 14.0. The number of nitrogens with zero attached hydrogens (tertiary/aromatic N) is 4. The maximum Gasteiger partial charge on any atom is 0.416 e. The minimum Gasteiger partial charge on any atom is -0.384 e. The van der Waals surface area contributed by atoms with Crippen LogP contribution in [0.1, 0.15) is 60.1 Å². The fourth-order valence-corrected chi connectivity index (χ4v) is 7.21. The normalized spacial score (nSPS) is 25.3. The predicted octanol–water partition coefficient (Wildman–Crippen LogP) is 3.70. The van der Waals surface area contributed by atoms with Gasteiger partial charge in [-0.15, -0.1) is 0 Å². The Morgan fingerprint density at radius 3 is 2.44 bits per heavy atom. The maximum atomic E-state index is 13.1. The molecule has 2 saturated heterocycles. The number of aliphatic hydroxyl groups is 1. The number of halogens is 3. The number of aryl methyl sites for hydroxylation is 1. The van der Waals surface area contributed by atoms with Gasteiger partial charge in [0.2, 0.25) is 5.91 Å². The molecule has 1 aromatic carbocycles. The Hall–Kier alpha value is -4.03. The fraction of sp³-hybridized carbons (Fsp3) is 0.455. The molecule has 2 N–H and O–H groups in total. The summed E-state index contributed by atoms with van der Waals surface area (Å²) < 4.78 is 40.6. The topological polar surface area (TPSA) is 108 Å². The van der Waals surface area contributed by atoms with Crippen LogP contribution in [-0.4, -0.2) is 74.0 Å². The molecule has 2 aromatic heterocycles. The summed E-state index contributed by atoms with van der Waals surface area (Å²) >= 11 is 0. The van der Waals surface area contributed by atoms with Crippen molar-refractivity contribution in [2.75, 3.05) is 19.6 Å². The lowest BCUT2D eigenvalue weighted by Crippen LogP contribution is -2.47. The highest BCUT2D eigenvalue weighted by atomic mass is 19.4. The summed E-state index contributed by atoms with van der Waals surface area (Å²) in [5.41, 5.74) is 0.0197. The number of carbonyl (C=O) groups excluding carboxylic acids is 2. The summed E-state index contributed by atoms with van der Waals surface area (Å²) in [6, 6.07) is 11.8. The van der Waals surface area contributed by atoms with Crippen LogP contribution in [-0.2, 0) is 23.6 Å². The second kappa shape index (κ2) is 12.1. The molecule has 2 aliphatic heterocycles. The highest BCUT2D eigenvalue weighted by Gasteiger charge is 2.48. The Balaban J connectivity index is 1.02. The lowest BCUT2D eigenvalue weighted by Gasteiger charge is -2.41. The number of aromatic nitrogens is 2. The molecule has 1 saturated carbocycles. The first kappa shape index (κ1) is 31.0. The number of alkyl halides is 3. The van der Waals surface area contributed by atoms with E-state index in [0.717, 1.165) is 55.5 Å². The van der Waals surface area contributed by atoms with Gasteiger partial charge < -0.3 is 19.9 Å². The van der Waals surface area contributed by atoms with E-state index in [1.54, 1.807) is 30.4 Å². The molecule has 3 aliphatic rings. The molecule has 3 fully saturated rings. The van der Waals surface area contributed by atoms with E-state index in [1.807, 2.05) is 18.2 Å². The van der Waals surface area contributed by atoms with E-state index < -0.39 is 23.2 Å². The number of fused-ring (bicyclic) bond motifs is 1. The monoisotopic (exact) mass is 623 g/mol. The van der Waals surface area contributed by atoms with Crippen molar-refractivity contribution < 1.29 is 27.9 Å². The van der Waals surface area contributed by atoms with Crippen LogP contribution in [0.5, 0.6) is 0 Å². The van der Waals surface area contributed by atoms with E-state index in [-0.39, 0.29) is 41.7 Å². The van der Waals surface area contributed by atoms with Gasteiger partial charge in [-0.05, 0) is 74.4 Å². The van der Waals surface area contributed by atoms with Gasteiger partial charge in [0.15, 0.2) is 0 Å². The number of nitrogens with one attached hydrogen (secondary N) is 1. The molecule has 12 heteroatoms. The van der Waals surface area contributed by atoms with Gasteiger partial charge in [-0.1, -0.05) is 12.1 Å². The van der Waals surface area contributed by atoms with E-state index in [9.17, 15) is 32.7 Å². The van der Waals surface area contributed by atoms with Crippen LogP contribution in [0.2, 0.25) is 0 Å². The molecular formula is C33H36F3N5O4. The first-order valence-electron chi connectivity index (χ1n) is 15.3. The predicted molar refractivity (Wildman–Crippen MR) is 160 cm³/mol. The maximum absolute atomic E-state index is 13.1. The van der Waals surface area contributed by atoms with E-state index in [1.165, 1.54) is 16.7 Å². The van der Waals surface area contributed by atoms with Crippen molar-refractivity contribution in [3.05, 3.63) is 88.1 Å². The molecule has 6 rings (SSSR count). The van der Waals surface area contributed by atoms with Crippen molar-refractivity contribution in [1.82, 2.24) is 24.7 Å². The van der Waals surface area contributed by atoms with Gasteiger partial charge in [0.05, 0.1) is 17.8 Å². The molecule has 2 atom stereocenters. The van der Waals surface area contributed by atoms with Gasteiger partial charge in [0.1, 0.15) is 5.60 Å². The Labute approximate surface area is 258 Å². The molecule has 0 spiro atoms. The van der Waals surface area contributed by atoms with Gasteiger partial charge >= 0.3 is 6.18 Å². The zero-order valence-electron chi connectivity index (χ0n) is 25.0. The third-order valence-corrected chi connectivity index (χ3v) is 9.72. The van der Waals surface area contributed by atoms with Crippen LogP contribution < -0.4 is 10.9 Å². The highest BCUT2D eigenvalue weighted by Crippen LogP contribution is 2.42.